The zero-order valence-electron chi connectivity index (χ0n) is 6.53. The molecule has 2 N–H and O–H groups in total. The third-order valence-electron chi connectivity index (χ3n) is 1.96. The second kappa shape index (κ2) is 3.16. The van der Waals surface area contributed by atoms with Crippen LogP contribution >= 0.6 is 15.9 Å². The average Bonchev–Trinajstić information content (AvgIpc) is 2.44. The number of ether oxygens (including phenoxy) is 1. The first-order valence-electron chi connectivity index (χ1n) is 3.83. The maximum atomic E-state index is 5.57. The van der Waals surface area contributed by atoms with Crippen LogP contribution in [0, 0.1) is 0 Å². The second-order valence-electron chi connectivity index (χ2n) is 2.81. The lowest BCUT2D eigenvalue weighted by Crippen LogP contribution is -2.30. The molecule has 0 saturated heterocycles. The Balaban J connectivity index is 2.36. The molecule has 0 radical (unpaired) electrons. The summed E-state index contributed by atoms with van der Waals surface area (Å²) in [5.41, 5.74) is 6.66. The summed E-state index contributed by atoms with van der Waals surface area (Å²) >= 11 is 3.32. The van der Waals surface area contributed by atoms with Gasteiger partial charge in [-0.15, -0.1) is 0 Å². The number of nitrogens with zero attached hydrogens (tertiary/aromatic N) is 2. The molecule has 1 atom stereocenters. The lowest BCUT2D eigenvalue weighted by atomic mass is 10.3. The standard InChI is InChI=1S/C7H10BrN3O/c8-7-1-5-3-12-4-6(2-9)11(5)10-7/h1,6H,2-4,9H2. The van der Waals surface area contributed by atoms with E-state index in [0.717, 1.165) is 10.3 Å². The number of nitrogens with two attached hydrogens (primary N) is 1. The van der Waals surface area contributed by atoms with Gasteiger partial charge in [0.1, 0.15) is 4.60 Å². The molecule has 0 bridgehead atoms. The van der Waals surface area contributed by atoms with E-state index in [0.29, 0.717) is 19.8 Å². The van der Waals surface area contributed by atoms with Gasteiger partial charge in [-0.25, -0.2) is 0 Å². The van der Waals surface area contributed by atoms with E-state index in [4.69, 9.17) is 10.5 Å². The topological polar surface area (TPSA) is 53.1 Å². The van der Waals surface area contributed by atoms with Gasteiger partial charge >= 0.3 is 0 Å². The molecule has 4 nitrogen and oxygen atoms in total. The van der Waals surface area contributed by atoms with Crippen LogP contribution in [0.25, 0.3) is 0 Å². The third-order valence-corrected chi connectivity index (χ3v) is 2.35. The molecule has 0 spiro atoms. The molecule has 0 amide bonds. The molecule has 1 aromatic heterocycles. The summed E-state index contributed by atoms with van der Waals surface area (Å²) < 4.78 is 8.14. The van der Waals surface area contributed by atoms with Crippen molar-refractivity contribution < 1.29 is 4.74 Å². The van der Waals surface area contributed by atoms with Crippen LogP contribution in [0.5, 0.6) is 0 Å². The van der Waals surface area contributed by atoms with Crippen LogP contribution < -0.4 is 5.73 Å². The van der Waals surface area contributed by atoms with Crippen molar-refractivity contribution in [2.45, 2.75) is 12.6 Å². The first-order chi connectivity index (χ1) is 5.81. The minimum absolute atomic E-state index is 0.194. The largest absolute Gasteiger partial charge is 0.373 e. The summed E-state index contributed by atoms with van der Waals surface area (Å²) in [4.78, 5) is 0. The third kappa shape index (κ3) is 1.28. The molecule has 2 rings (SSSR count). The van der Waals surface area contributed by atoms with Crippen molar-refractivity contribution in [1.82, 2.24) is 9.78 Å². The molecule has 1 aliphatic rings. The fourth-order valence-electron chi connectivity index (χ4n) is 1.36. The van der Waals surface area contributed by atoms with Gasteiger partial charge in [-0.1, -0.05) is 0 Å². The van der Waals surface area contributed by atoms with Crippen LogP contribution in [0.1, 0.15) is 11.7 Å². The van der Waals surface area contributed by atoms with Crippen LogP contribution in [0.15, 0.2) is 10.7 Å². The molecular weight excluding hydrogens is 222 g/mol. The summed E-state index contributed by atoms with van der Waals surface area (Å²) in [6.45, 7) is 1.87. The molecule has 0 saturated carbocycles. The maximum absolute atomic E-state index is 5.57. The summed E-state index contributed by atoms with van der Waals surface area (Å²) in [6, 6.07) is 2.15. The van der Waals surface area contributed by atoms with Crippen molar-refractivity contribution >= 4 is 15.9 Å². The van der Waals surface area contributed by atoms with Gasteiger partial charge in [0.15, 0.2) is 0 Å². The highest BCUT2D eigenvalue weighted by atomic mass is 79.9. The summed E-state index contributed by atoms with van der Waals surface area (Å²) in [5.74, 6) is 0. The smallest absolute Gasteiger partial charge is 0.128 e. The maximum Gasteiger partial charge on any atom is 0.128 e. The monoisotopic (exact) mass is 231 g/mol. The molecule has 1 aromatic rings. The van der Waals surface area contributed by atoms with Crippen LogP contribution in [-0.2, 0) is 11.3 Å². The van der Waals surface area contributed by atoms with Crippen LogP contribution in [0.2, 0.25) is 0 Å². The molecule has 2 heterocycles. The van der Waals surface area contributed by atoms with Crippen molar-refractivity contribution in [1.29, 1.82) is 0 Å². The Morgan fingerprint density at radius 3 is 3.42 bits per heavy atom. The number of rotatable bonds is 1. The molecular formula is C7H10BrN3O. The highest BCUT2D eigenvalue weighted by Crippen LogP contribution is 2.20. The molecule has 66 valence electrons. The van der Waals surface area contributed by atoms with E-state index >= 15 is 0 Å². The van der Waals surface area contributed by atoms with Gasteiger partial charge in [-0.2, -0.15) is 5.10 Å². The Morgan fingerprint density at radius 2 is 2.67 bits per heavy atom. The first-order valence-corrected chi connectivity index (χ1v) is 4.62. The molecule has 0 aromatic carbocycles. The van der Waals surface area contributed by atoms with Gasteiger partial charge in [0, 0.05) is 6.54 Å². The zero-order chi connectivity index (χ0) is 8.55. The number of hydrogen-bond donors (Lipinski definition) is 1. The molecule has 0 aliphatic carbocycles. The van der Waals surface area contributed by atoms with Crippen molar-refractivity contribution in [3.8, 4) is 0 Å². The van der Waals surface area contributed by atoms with E-state index in [9.17, 15) is 0 Å². The molecule has 12 heavy (non-hydrogen) atoms. The highest BCUT2D eigenvalue weighted by molar-refractivity contribution is 9.10. The predicted molar refractivity (Wildman–Crippen MR) is 47.7 cm³/mol. The first kappa shape index (κ1) is 8.22. The van der Waals surface area contributed by atoms with Crippen molar-refractivity contribution in [3.63, 3.8) is 0 Å². The van der Waals surface area contributed by atoms with Gasteiger partial charge in [0.25, 0.3) is 0 Å². The van der Waals surface area contributed by atoms with E-state index < -0.39 is 0 Å². The highest BCUT2D eigenvalue weighted by Gasteiger charge is 2.20. The Hall–Kier alpha value is -0.390. The van der Waals surface area contributed by atoms with Gasteiger partial charge in [0.05, 0.1) is 24.9 Å². The SMILES string of the molecule is NCC1COCc2cc(Br)nn21. The quantitative estimate of drug-likeness (QED) is 0.774. The lowest BCUT2D eigenvalue weighted by Gasteiger charge is -2.23. The summed E-state index contributed by atoms with van der Waals surface area (Å²) in [6.07, 6.45) is 0. The Morgan fingerprint density at radius 1 is 1.83 bits per heavy atom. The molecule has 5 heteroatoms. The van der Waals surface area contributed by atoms with Gasteiger partial charge in [-0.3, -0.25) is 4.68 Å². The van der Waals surface area contributed by atoms with Crippen molar-refractivity contribution in [2.24, 2.45) is 5.73 Å². The minimum atomic E-state index is 0.194. The lowest BCUT2D eigenvalue weighted by molar-refractivity contribution is 0.0544. The van der Waals surface area contributed by atoms with Gasteiger partial charge in [-0.05, 0) is 22.0 Å². The fraction of sp³-hybridized carbons (Fsp3) is 0.571. The van der Waals surface area contributed by atoms with E-state index in [1.54, 1.807) is 0 Å². The van der Waals surface area contributed by atoms with E-state index in [1.165, 1.54) is 0 Å². The molecule has 0 fully saturated rings. The van der Waals surface area contributed by atoms with Gasteiger partial charge in [0.2, 0.25) is 0 Å². The number of fused-ring (bicyclic) bond motifs is 1. The summed E-state index contributed by atoms with van der Waals surface area (Å²) in [5, 5.41) is 4.28. The van der Waals surface area contributed by atoms with Gasteiger partial charge < -0.3 is 10.5 Å². The normalized spacial score (nSPS) is 22.3. The van der Waals surface area contributed by atoms with E-state index in [1.807, 2.05) is 10.7 Å². The number of halogens is 1. The minimum Gasteiger partial charge on any atom is -0.373 e. The molecule has 1 unspecified atom stereocenters. The van der Waals surface area contributed by atoms with E-state index in [2.05, 4.69) is 21.0 Å². The number of aromatic nitrogens is 2. The fourth-order valence-corrected chi connectivity index (χ4v) is 1.80. The summed E-state index contributed by atoms with van der Waals surface area (Å²) in [7, 11) is 0. The zero-order valence-corrected chi connectivity index (χ0v) is 8.12. The Kier molecular flexibility index (Phi) is 2.16. The van der Waals surface area contributed by atoms with E-state index in [-0.39, 0.29) is 6.04 Å². The van der Waals surface area contributed by atoms with Crippen molar-refractivity contribution in [3.05, 3.63) is 16.4 Å². The van der Waals surface area contributed by atoms with Crippen LogP contribution in [0.3, 0.4) is 0 Å². The predicted octanol–water partition coefficient (Wildman–Crippen LogP) is 0.676. The van der Waals surface area contributed by atoms with Crippen LogP contribution in [0.4, 0.5) is 0 Å². The Bertz CT molecular complexity index is 286. The molecule has 1 aliphatic heterocycles. The Labute approximate surface area is 78.8 Å². The van der Waals surface area contributed by atoms with Crippen molar-refractivity contribution in [2.75, 3.05) is 13.2 Å². The second-order valence-corrected chi connectivity index (χ2v) is 3.62. The average molecular weight is 232 g/mol. The van der Waals surface area contributed by atoms with Crippen LogP contribution in [-0.4, -0.2) is 22.9 Å². The number of hydrogen-bond acceptors (Lipinski definition) is 3.